The maximum absolute atomic E-state index is 12.9. The molecule has 5 heteroatoms. The summed E-state index contributed by atoms with van der Waals surface area (Å²) in [6.45, 7) is 9.47. The number of nitrogens with one attached hydrogen (secondary N) is 1. The van der Waals surface area contributed by atoms with Crippen LogP contribution >= 0.6 is 0 Å². The van der Waals surface area contributed by atoms with E-state index in [-0.39, 0.29) is 12.0 Å². The Labute approximate surface area is 121 Å². The molecule has 0 bridgehead atoms. The first-order valence-electron chi connectivity index (χ1n) is 7.93. The molecule has 2 N–H and O–H groups in total. The minimum atomic E-state index is -0.425. The van der Waals surface area contributed by atoms with Crippen LogP contribution in [0.15, 0.2) is 0 Å². The van der Waals surface area contributed by atoms with Crippen molar-refractivity contribution in [2.45, 2.75) is 38.3 Å². The molecule has 3 rings (SSSR count). The molecule has 3 fully saturated rings. The second-order valence-electron chi connectivity index (χ2n) is 7.07. The summed E-state index contributed by atoms with van der Waals surface area (Å²) in [4.78, 5) is 17.2. The van der Waals surface area contributed by atoms with Crippen LogP contribution in [0.3, 0.4) is 0 Å². The molecular weight excluding hydrogens is 254 g/mol. The molecule has 1 amide bonds. The van der Waals surface area contributed by atoms with Crippen molar-refractivity contribution >= 4 is 5.91 Å². The van der Waals surface area contributed by atoms with E-state index >= 15 is 0 Å². The third-order valence-electron chi connectivity index (χ3n) is 5.54. The van der Waals surface area contributed by atoms with Crippen LogP contribution in [0.2, 0.25) is 0 Å². The van der Waals surface area contributed by atoms with E-state index < -0.39 is 5.54 Å². The molecule has 1 saturated carbocycles. The SMILES string of the molecule is CC(C)(C(=O)N1CC2CCC(O)C2C1)N1CCNCC1. The highest BCUT2D eigenvalue weighted by Gasteiger charge is 2.47. The molecule has 1 aliphatic carbocycles. The van der Waals surface area contributed by atoms with E-state index in [9.17, 15) is 9.90 Å². The maximum atomic E-state index is 12.9. The molecule has 2 heterocycles. The first kappa shape index (κ1) is 14.3. The van der Waals surface area contributed by atoms with Crippen molar-refractivity contribution in [1.29, 1.82) is 0 Å². The monoisotopic (exact) mass is 281 g/mol. The smallest absolute Gasteiger partial charge is 0.242 e. The number of carbonyl (C=O) groups excluding carboxylic acids is 1. The van der Waals surface area contributed by atoms with Gasteiger partial charge >= 0.3 is 0 Å². The Morgan fingerprint density at radius 1 is 1.20 bits per heavy atom. The molecule has 0 aromatic rings. The number of rotatable bonds is 2. The van der Waals surface area contributed by atoms with Gasteiger partial charge in [0, 0.05) is 45.2 Å². The van der Waals surface area contributed by atoms with Crippen LogP contribution in [-0.4, -0.2) is 71.7 Å². The predicted octanol–water partition coefficient (Wildman–Crippen LogP) is -0.100. The van der Waals surface area contributed by atoms with Gasteiger partial charge in [0.15, 0.2) is 0 Å². The number of amides is 1. The summed E-state index contributed by atoms with van der Waals surface area (Å²) < 4.78 is 0. The van der Waals surface area contributed by atoms with Gasteiger partial charge in [-0.3, -0.25) is 9.69 Å². The summed E-state index contributed by atoms with van der Waals surface area (Å²) >= 11 is 0. The third-order valence-corrected chi connectivity index (χ3v) is 5.54. The number of aliphatic hydroxyl groups is 1. The maximum Gasteiger partial charge on any atom is 0.242 e. The van der Waals surface area contributed by atoms with Crippen molar-refractivity contribution in [3.8, 4) is 0 Å². The number of piperazine rings is 1. The average Bonchev–Trinajstić information content (AvgIpc) is 3.01. The first-order chi connectivity index (χ1) is 9.50. The number of aliphatic hydroxyl groups excluding tert-OH is 1. The second-order valence-corrected chi connectivity index (χ2v) is 7.07. The van der Waals surface area contributed by atoms with Crippen LogP contribution in [-0.2, 0) is 4.79 Å². The van der Waals surface area contributed by atoms with Crippen molar-refractivity contribution in [2.75, 3.05) is 39.3 Å². The average molecular weight is 281 g/mol. The highest BCUT2D eigenvalue weighted by molar-refractivity contribution is 5.85. The van der Waals surface area contributed by atoms with Crippen LogP contribution in [0, 0.1) is 11.8 Å². The zero-order chi connectivity index (χ0) is 14.3. The van der Waals surface area contributed by atoms with Gasteiger partial charge < -0.3 is 15.3 Å². The van der Waals surface area contributed by atoms with Gasteiger partial charge in [0.1, 0.15) is 0 Å². The molecule has 0 aromatic carbocycles. The lowest BCUT2D eigenvalue weighted by molar-refractivity contribution is -0.142. The fourth-order valence-corrected chi connectivity index (χ4v) is 4.15. The van der Waals surface area contributed by atoms with Crippen LogP contribution in [0.5, 0.6) is 0 Å². The van der Waals surface area contributed by atoms with E-state index in [4.69, 9.17) is 0 Å². The number of nitrogens with zero attached hydrogens (tertiary/aromatic N) is 2. The molecule has 0 radical (unpaired) electrons. The Morgan fingerprint density at radius 2 is 1.90 bits per heavy atom. The standard InChI is InChI=1S/C15H27N3O2/c1-15(2,18-7-5-16-6-8-18)14(20)17-9-11-3-4-13(19)12(11)10-17/h11-13,16,19H,3-10H2,1-2H3. The summed E-state index contributed by atoms with van der Waals surface area (Å²) in [7, 11) is 0. The summed E-state index contributed by atoms with van der Waals surface area (Å²) in [5.41, 5.74) is -0.425. The van der Waals surface area contributed by atoms with Gasteiger partial charge in [-0.1, -0.05) is 0 Å². The van der Waals surface area contributed by atoms with Crippen molar-refractivity contribution in [1.82, 2.24) is 15.1 Å². The first-order valence-corrected chi connectivity index (χ1v) is 7.93. The Kier molecular flexibility index (Phi) is 3.77. The van der Waals surface area contributed by atoms with Gasteiger partial charge in [-0.2, -0.15) is 0 Å². The van der Waals surface area contributed by atoms with E-state index in [1.165, 1.54) is 0 Å². The number of carbonyl (C=O) groups is 1. The van der Waals surface area contributed by atoms with Gasteiger partial charge in [-0.15, -0.1) is 0 Å². The third kappa shape index (κ3) is 2.36. The molecule has 3 atom stereocenters. The van der Waals surface area contributed by atoms with Crippen LogP contribution in [0.4, 0.5) is 0 Å². The Morgan fingerprint density at radius 3 is 2.55 bits per heavy atom. The molecule has 3 aliphatic rings. The fourth-order valence-electron chi connectivity index (χ4n) is 4.15. The van der Waals surface area contributed by atoms with E-state index in [0.717, 1.165) is 52.1 Å². The molecular formula is C15H27N3O2. The molecule has 0 aromatic heterocycles. The van der Waals surface area contributed by atoms with E-state index in [1.54, 1.807) is 0 Å². The summed E-state index contributed by atoms with van der Waals surface area (Å²) in [6, 6.07) is 0. The number of hydrogen-bond acceptors (Lipinski definition) is 4. The quantitative estimate of drug-likeness (QED) is 0.742. The van der Waals surface area contributed by atoms with Gasteiger partial charge in [0.05, 0.1) is 11.6 Å². The molecule has 2 saturated heterocycles. The molecule has 2 aliphatic heterocycles. The van der Waals surface area contributed by atoms with E-state index in [1.807, 2.05) is 18.7 Å². The van der Waals surface area contributed by atoms with Crippen LogP contribution in [0.1, 0.15) is 26.7 Å². The largest absolute Gasteiger partial charge is 0.393 e. The van der Waals surface area contributed by atoms with Gasteiger partial charge in [-0.25, -0.2) is 0 Å². The predicted molar refractivity (Wildman–Crippen MR) is 77.3 cm³/mol. The lowest BCUT2D eigenvalue weighted by atomic mass is 9.99. The normalized spacial score (nSPS) is 35.4. The minimum Gasteiger partial charge on any atom is -0.393 e. The van der Waals surface area contributed by atoms with Crippen LogP contribution < -0.4 is 5.32 Å². The van der Waals surface area contributed by atoms with E-state index in [0.29, 0.717) is 11.8 Å². The lowest BCUT2D eigenvalue weighted by Crippen LogP contribution is -2.60. The van der Waals surface area contributed by atoms with Crippen LogP contribution in [0.25, 0.3) is 0 Å². The Hall–Kier alpha value is -0.650. The Balaban J connectivity index is 1.66. The van der Waals surface area contributed by atoms with Gasteiger partial charge in [0.25, 0.3) is 0 Å². The highest BCUT2D eigenvalue weighted by Crippen LogP contribution is 2.39. The minimum absolute atomic E-state index is 0.194. The van der Waals surface area contributed by atoms with Crippen molar-refractivity contribution in [3.63, 3.8) is 0 Å². The van der Waals surface area contributed by atoms with E-state index in [2.05, 4.69) is 10.2 Å². The second kappa shape index (κ2) is 5.28. The number of hydrogen-bond donors (Lipinski definition) is 2. The zero-order valence-electron chi connectivity index (χ0n) is 12.6. The topological polar surface area (TPSA) is 55.8 Å². The van der Waals surface area contributed by atoms with Gasteiger partial charge in [-0.05, 0) is 32.6 Å². The summed E-state index contributed by atoms with van der Waals surface area (Å²) in [5, 5.41) is 13.3. The fraction of sp³-hybridized carbons (Fsp3) is 0.933. The molecule has 20 heavy (non-hydrogen) atoms. The van der Waals surface area contributed by atoms with Crippen molar-refractivity contribution in [3.05, 3.63) is 0 Å². The van der Waals surface area contributed by atoms with Crippen molar-refractivity contribution < 1.29 is 9.90 Å². The Bertz CT molecular complexity index is 379. The molecule has 5 nitrogen and oxygen atoms in total. The van der Waals surface area contributed by atoms with Gasteiger partial charge in [0.2, 0.25) is 5.91 Å². The molecule has 0 spiro atoms. The summed E-state index contributed by atoms with van der Waals surface area (Å²) in [6.07, 6.45) is 1.79. The summed E-state index contributed by atoms with van der Waals surface area (Å²) in [5.74, 6) is 1.08. The highest BCUT2D eigenvalue weighted by atomic mass is 16.3. The number of fused-ring (bicyclic) bond motifs is 1. The lowest BCUT2D eigenvalue weighted by Gasteiger charge is -2.42. The molecule has 3 unspecified atom stereocenters. The molecule has 114 valence electrons. The van der Waals surface area contributed by atoms with Crippen molar-refractivity contribution in [2.24, 2.45) is 11.8 Å². The zero-order valence-corrected chi connectivity index (χ0v) is 12.6. The number of likely N-dealkylation sites (tertiary alicyclic amines) is 1.